The lowest BCUT2D eigenvalue weighted by Gasteiger charge is -2.31. The van der Waals surface area contributed by atoms with Crippen LogP contribution in [0, 0.1) is 0 Å². The Morgan fingerprint density at radius 3 is 2.10 bits per heavy atom. The molecule has 21 heteroatoms. The molecule has 436 valence electrons. The number of hydrogen-bond donors (Lipinski definition) is 5. The van der Waals surface area contributed by atoms with Gasteiger partial charge in [0.25, 0.3) is 11.8 Å². The number of unbranched alkanes of at least 4 members (excludes halogenated alkanes) is 3. The third-order valence-electron chi connectivity index (χ3n) is 14.3. The van der Waals surface area contributed by atoms with Crippen LogP contribution in [0.1, 0.15) is 104 Å². The monoisotopic (exact) mass is 1130 g/mol. The molecule has 0 bridgehead atoms. The Balaban J connectivity index is 0.881. The van der Waals surface area contributed by atoms with E-state index in [2.05, 4.69) is 34.1 Å². The van der Waals surface area contributed by atoms with Crippen LogP contribution in [0.5, 0.6) is 23.0 Å². The molecule has 4 heterocycles. The number of nitrogens with zero attached hydrogens (tertiary/aromatic N) is 4. The summed E-state index contributed by atoms with van der Waals surface area (Å²) >= 11 is 0. The van der Waals surface area contributed by atoms with Gasteiger partial charge >= 0.3 is 12.2 Å². The first-order chi connectivity index (χ1) is 39.3. The minimum Gasteiger partial charge on any atom is -0.493 e. The smallest absolute Gasteiger partial charge is 0.416 e. The largest absolute Gasteiger partial charge is 0.493 e. The van der Waals surface area contributed by atoms with Gasteiger partial charge in [-0.05, 0) is 114 Å². The number of anilines is 2. The van der Waals surface area contributed by atoms with E-state index in [9.17, 15) is 33.9 Å². The number of alkyl carbamates (subject to hydrolysis) is 1. The standard InChI is InChI=1S/C61H74N8O13/c1-37-26-42-33-64-47-31-52(50(77-6)29-43(47)56(72)67(42)34-37)79-24-14-9-15-25-80-53-32-48-44(30-51(53)78-7)57(73)68-35-38(2)27-49(68)58(74)69(48)60(76)81-36-40-19-21-41(22-20-40)65-55(71)46(18-12-13-23-63-59(75)82-61(3,4)5)66-54(70)45(62)28-39-16-10-8-11-17-39/h8,10-11,16-17,19-22,29-33,42,45-46,49,58,74H,1-2,9,12-15,18,23-28,34-36,62H2,3-7H3,(H,63,75)(H,65,71)(H,66,70). The number of carbonyl (C=O) groups excluding carboxylic acids is 6. The lowest BCUT2D eigenvalue weighted by molar-refractivity contribution is -0.127. The number of methoxy groups -OCH3 is 2. The normalized spacial score (nSPS) is 18.0. The maximum atomic E-state index is 14.3. The molecule has 5 atom stereocenters. The van der Waals surface area contributed by atoms with Gasteiger partial charge in [0, 0.05) is 43.7 Å². The minimum absolute atomic E-state index is 0.0679. The number of hydrogen-bond acceptors (Lipinski definition) is 15. The highest BCUT2D eigenvalue weighted by Gasteiger charge is 2.46. The maximum absolute atomic E-state index is 14.3. The molecule has 82 heavy (non-hydrogen) atoms. The Hall–Kier alpha value is -8.43. The molecule has 0 saturated carbocycles. The van der Waals surface area contributed by atoms with Crippen LogP contribution in [-0.2, 0) is 32.1 Å². The Morgan fingerprint density at radius 2 is 1.41 bits per heavy atom. The molecular formula is C61H74N8O13. The van der Waals surface area contributed by atoms with Gasteiger partial charge in [0.15, 0.2) is 29.2 Å². The van der Waals surface area contributed by atoms with Crippen molar-refractivity contribution in [3.8, 4) is 23.0 Å². The first-order valence-corrected chi connectivity index (χ1v) is 27.6. The molecule has 4 aliphatic heterocycles. The number of ether oxygens (including phenoxy) is 6. The number of fused-ring (bicyclic) bond motifs is 4. The summed E-state index contributed by atoms with van der Waals surface area (Å²) in [5.41, 5.74) is 10.2. The lowest BCUT2D eigenvalue weighted by atomic mass is 10.0. The molecule has 4 aromatic carbocycles. The number of amides is 6. The lowest BCUT2D eigenvalue weighted by Crippen LogP contribution is -2.50. The fourth-order valence-corrected chi connectivity index (χ4v) is 10.1. The number of nitrogens with two attached hydrogens (primary N) is 1. The molecule has 0 spiro atoms. The van der Waals surface area contributed by atoms with E-state index < -0.39 is 59.9 Å². The van der Waals surface area contributed by atoms with Gasteiger partial charge in [-0.2, -0.15) is 0 Å². The highest BCUT2D eigenvalue weighted by atomic mass is 16.6. The van der Waals surface area contributed by atoms with Crippen molar-refractivity contribution in [3.63, 3.8) is 0 Å². The van der Waals surface area contributed by atoms with Crippen molar-refractivity contribution in [2.45, 2.75) is 121 Å². The second-order valence-corrected chi connectivity index (χ2v) is 21.8. The molecule has 6 N–H and O–H groups in total. The van der Waals surface area contributed by atoms with Gasteiger partial charge in [-0.15, -0.1) is 0 Å². The van der Waals surface area contributed by atoms with Crippen molar-refractivity contribution >= 4 is 59.1 Å². The first kappa shape index (κ1) is 59.7. The van der Waals surface area contributed by atoms with Crippen LogP contribution in [0.2, 0.25) is 0 Å². The van der Waals surface area contributed by atoms with E-state index >= 15 is 0 Å². The second kappa shape index (κ2) is 26.9. The zero-order valence-corrected chi connectivity index (χ0v) is 47.2. The van der Waals surface area contributed by atoms with Crippen molar-refractivity contribution in [3.05, 3.63) is 125 Å². The Kier molecular flexibility index (Phi) is 19.6. The average molecular weight is 1130 g/mol. The van der Waals surface area contributed by atoms with E-state index in [1.54, 1.807) is 68.3 Å². The van der Waals surface area contributed by atoms with Gasteiger partial charge in [0.1, 0.15) is 18.2 Å². The zero-order valence-electron chi connectivity index (χ0n) is 47.2. The molecule has 6 amide bonds. The van der Waals surface area contributed by atoms with Crippen molar-refractivity contribution in [2.75, 3.05) is 57.3 Å². The van der Waals surface area contributed by atoms with Gasteiger partial charge in [0.2, 0.25) is 11.8 Å². The Bertz CT molecular complexity index is 3050. The predicted octanol–water partition coefficient (Wildman–Crippen LogP) is 7.75. The second-order valence-electron chi connectivity index (χ2n) is 21.8. The summed E-state index contributed by atoms with van der Waals surface area (Å²) in [6, 6.07) is 19.4. The summed E-state index contributed by atoms with van der Waals surface area (Å²) in [6.45, 7) is 14.7. The Morgan fingerprint density at radius 1 is 0.768 bits per heavy atom. The van der Waals surface area contributed by atoms with Crippen LogP contribution >= 0.6 is 0 Å². The van der Waals surface area contributed by atoms with Crippen LogP contribution in [0.15, 0.2) is 108 Å². The number of carbonyl (C=O) groups is 6. The summed E-state index contributed by atoms with van der Waals surface area (Å²) < 4.78 is 34.8. The summed E-state index contributed by atoms with van der Waals surface area (Å²) in [4.78, 5) is 90.1. The van der Waals surface area contributed by atoms with Gasteiger partial charge in [-0.3, -0.25) is 24.2 Å². The number of benzene rings is 4. The third kappa shape index (κ3) is 14.9. The average Bonchev–Trinajstić information content (AvgIpc) is 4.22. The molecule has 0 aromatic heterocycles. The van der Waals surface area contributed by atoms with E-state index in [0.717, 1.165) is 16.0 Å². The molecule has 21 nitrogen and oxygen atoms in total. The highest BCUT2D eigenvalue weighted by Crippen LogP contribution is 2.43. The summed E-state index contributed by atoms with van der Waals surface area (Å²) in [5, 5.41) is 20.3. The number of aliphatic hydroxyl groups excluding tert-OH is 1. The van der Waals surface area contributed by atoms with E-state index in [0.29, 0.717) is 97.8 Å². The first-order valence-electron chi connectivity index (χ1n) is 27.6. The Labute approximate surface area is 477 Å². The van der Waals surface area contributed by atoms with Crippen LogP contribution in [0.25, 0.3) is 0 Å². The molecule has 8 rings (SSSR count). The van der Waals surface area contributed by atoms with Crippen molar-refractivity contribution in [1.29, 1.82) is 0 Å². The van der Waals surface area contributed by atoms with Gasteiger partial charge in [-0.25, -0.2) is 14.5 Å². The third-order valence-corrected chi connectivity index (χ3v) is 14.3. The van der Waals surface area contributed by atoms with Crippen molar-refractivity contribution in [2.24, 2.45) is 10.7 Å². The molecule has 2 fully saturated rings. The van der Waals surface area contributed by atoms with E-state index in [-0.39, 0.29) is 73.7 Å². The highest BCUT2D eigenvalue weighted by molar-refractivity contribution is 6.06. The molecule has 4 aromatic rings. The molecule has 4 aliphatic rings. The summed E-state index contributed by atoms with van der Waals surface area (Å²) in [5.74, 6) is -0.166. The fraction of sp³-hybridized carbons (Fsp3) is 0.426. The van der Waals surface area contributed by atoms with Gasteiger partial charge in [-0.1, -0.05) is 66.8 Å². The summed E-state index contributed by atoms with van der Waals surface area (Å²) in [7, 11) is 2.97. The maximum Gasteiger partial charge on any atom is 0.416 e. The topological polar surface area (TPSA) is 262 Å². The summed E-state index contributed by atoms with van der Waals surface area (Å²) in [6.07, 6.45) is 3.12. The number of rotatable bonds is 23. The molecule has 2 saturated heterocycles. The molecule has 0 aliphatic carbocycles. The van der Waals surface area contributed by atoms with Crippen LogP contribution in [0.4, 0.5) is 26.7 Å². The van der Waals surface area contributed by atoms with Crippen LogP contribution in [0.3, 0.4) is 0 Å². The van der Waals surface area contributed by atoms with Crippen LogP contribution in [-0.4, -0.2) is 140 Å². The van der Waals surface area contributed by atoms with Gasteiger partial charge < -0.3 is 65.0 Å². The zero-order chi connectivity index (χ0) is 58.7. The quantitative estimate of drug-likeness (QED) is 0.0351. The van der Waals surface area contributed by atoms with E-state index in [4.69, 9.17) is 34.2 Å². The number of aliphatic hydroxyl groups is 1. The molecule has 0 radical (unpaired) electrons. The number of aliphatic imine (C=N–C) groups is 1. The van der Waals surface area contributed by atoms with Crippen molar-refractivity contribution in [1.82, 2.24) is 20.4 Å². The van der Waals surface area contributed by atoms with Gasteiger partial charge in [0.05, 0.1) is 68.1 Å². The number of nitrogens with one attached hydrogen (secondary N) is 3. The fourth-order valence-electron chi connectivity index (χ4n) is 10.1. The van der Waals surface area contributed by atoms with E-state index in [1.807, 2.05) is 30.3 Å². The molecule has 5 unspecified atom stereocenters. The van der Waals surface area contributed by atoms with E-state index in [1.165, 1.54) is 31.3 Å². The van der Waals surface area contributed by atoms with Crippen LogP contribution < -0.4 is 45.5 Å². The SMILES string of the molecule is C=C1CC2C=Nc3cc(OCCCCCOc4cc5c(cc4OC)C(=O)N4CC(=C)CC4C(O)N5C(=O)OCc4ccc(NC(=O)C(CCCCNC(=O)OC(C)(C)C)NC(=O)C(N)Cc5ccccc5)cc4)c(OC)cc3C(=O)N2C1. The van der Waals surface area contributed by atoms with Crippen molar-refractivity contribution < 1.29 is 62.3 Å². The predicted molar refractivity (Wildman–Crippen MR) is 308 cm³/mol. The minimum atomic E-state index is -1.53. The molecular weight excluding hydrogens is 1050 g/mol.